The highest BCUT2D eigenvalue weighted by molar-refractivity contribution is 7.18. The number of aromatic nitrogens is 1. The molecule has 1 aromatic carbocycles. The van der Waals surface area contributed by atoms with E-state index in [1.807, 2.05) is 19.1 Å². The van der Waals surface area contributed by atoms with Crippen LogP contribution in [0.5, 0.6) is 0 Å². The number of carbonyl (C=O) groups excluding carboxylic acids is 1. The van der Waals surface area contributed by atoms with E-state index in [-0.39, 0.29) is 12.3 Å². The normalized spacial score (nSPS) is 10.6. The van der Waals surface area contributed by atoms with E-state index >= 15 is 0 Å². The van der Waals surface area contributed by atoms with Crippen LogP contribution in [0.15, 0.2) is 12.1 Å². The summed E-state index contributed by atoms with van der Waals surface area (Å²) in [5.41, 5.74) is 13.4. The highest BCUT2D eigenvalue weighted by atomic mass is 32.1. The Bertz CT molecular complexity index is 564. The van der Waals surface area contributed by atoms with Gasteiger partial charge in [-0.1, -0.05) is 0 Å². The van der Waals surface area contributed by atoms with Crippen molar-refractivity contribution in [1.82, 2.24) is 4.98 Å². The van der Waals surface area contributed by atoms with Crippen molar-refractivity contribution in [3.63, 3.8) is 0 Å². The van der Waals surface area contributed by atoms with E-state index < -0.39 is 0 Å². The molecule has 0 saturated carbocycles. The fraction of sp³-hybridized carbons (Fsp3) is 0.273. The van der Waals surface area contributed by atoms with Gasteiger partial charge in [0.25, 0.3) is 0 Å². The first-order chi connectivity index (χ1) is 8.06. The molecule has 1 heterocycles. The van der Waals surface area contributed by atoms with Gasteiger partial charge in [-0.25, -0.2) is 4.98 Å². The zero-order valence-electron chi connectivity index (χ0n) is 9.49. The predicted octanol–water partition coefficient (Wildman–Crippen LogP) is 1.47. The number of hydrogen-bond donors (Lipinski definition) is 3. The average Bonchev–Trinajstić information content (AvgIpc) is 2.57. The molecule has 1 amide bonds. The number of primary amides is 1. The van der Waals surface area contributed by atoms with Crippen molar-refractivity contribution < 1.29 is 4.79 Å². The second-order valence-corrected chi connectivity index (χ2v) is 5.02. The van der Waals surface area contributed by atoms with Gasteiger partial charge in [-0.15, -0.1) is 11.3 Å². The van der Waals surface area contributed by atoms with Crippen LogP contribution in [-0.4, -0.2) is 17.4 Å². The first-order valence-electron chi connectivity index (χ1n) is 5.25. The van der Waals surface area contributed by atoms with Crippen molar-refractivity contribution in [2.75, 3.05) is 17.6 Å². The lowest BCUT2D eigenvalue weighted by Crippen LogP contribution is -2.16. The molecule has 17 heavy (non-hydrogen) atoms. The number of nitrogens with zero attached hydrogens (tertiary/aromatic N) is 1. The molecule has 0 aliphatic carbocycles. The lowest BCUT2D eigenvalue weighted by Gasteiger charge is -2.07. The van der Waals surface area contributed by atoms with E-state index in [4.69, 9.17) is 11.5 Å². The minimum Gasteiger partial charge on any atom is -0.397 e. The highest BCUT2D eigenvalue weighted by Crippen LogP contribution is 2.29. The number of thiazole rings is 1. The van der Waals surface area contributed by atoms with Crippen LogP contribution < -0.4 is 16.8 Å². The molecule has 0 aliphatic heterocycles. The second-order valence-electron chi connectivity index (χ2n) is 3.78. The molecule has 2 aromatic rings. The molecule has 0 aliphatic rings. The van der Waals surface area contributed by atoms with Crippen molar-refractivity contribution in [2.24, 2.45) is 5.73 Å². The van der Waals surface area contributed by atoms with Gasteiger partial charge in [0, 0.05) is 13.0 Å². The van der Waals surface area contributed by atoms with Crippen molar-refractivity contribution in [2.45, 2.75) is 13.3 Å². The van der Waals surface area contributed by atoms with Crippen molar-refractivity contribution in [3.8, 4) is 0 Å². The molecule has 0 fully saturated rings. The number of nitrogens with one attached hydrogen (secondary N) is 1. The third-order valence-electron chi connectivity index (χ3n) is 2.35. The minimum absolute atomic E-state index is 0.285. The summed E-state index contributed by atoms with van der Waals surface area (Å²) in [4.78, 5) is 15.0. The SMILES string of the molecule is Cc1nc2cc(NCCC(N)=O)c(N)cc2s1. The van der Waals surface area contributed by atoms with Crippen LogP contribution in [0.2, 0.25) is 0 Å². The Morgan fingerprint density at radius 3 is 3.00 bits per heavy atom. The van der Waals surface area contributed by atoms with Crippen LogP contribution in [0.25, 0.3) is 10.2 Å². The maximum Gasteiger partial charge on any atom is 0.219 e. The van der Waals surface area contributed by atoms with Gasteiger partial charge < -0.3 is 16.8 Å². The van der Waals surface area contributed by atoms with E-state index in [0.29, 0.717) is 12.2 Å². The molecule has 0 saturated heterocycles. The number of anilines is 2. The van der Waals surface area contributed by atoms with Gasteiger partial charge in [0.15, 0.2) is 0 Å². The Hall–Kier alpha value is -1.82. The van der Waals surface area contributed by atoms with Gasteiger partial charge >= 0.3 is 0 Å². The van der Waals surface area contributed by atoms with Gasteiger partial charge in [-0.05, 0) is 19.1 Å². The molecule has 0 radical (unpaired) electrons. The molecular formula is C11H14N4OS. The Kier molecular flexibility index (Phi) is 3.14. The van der Waals surface area contributed by atoms with Gasteiger partial charge in [-0.2, -0.15) is 0 Å². The Labute approximate surface area is 103 Å². The second kappa shape index (κ2) is 4.58. The van der Waals surface area contributed by atoms with Gasteiger partial charge in [-0.3, -0.25) is 4.79 Å². The maximum absolute atomic E-state index is 10.6. The molecule has 5 nitrogen and oxygen atoms in total. The lowest BCUT2D eigenvalue weighted by molar-refractivity contribution is -0.117. The van der Waals surface area contributed by atoms with E-state index in [1.165, 1.54) is 0 Å². The predicted molar refractivity (Wildman–Crippen MR) is 71.1 cm³/mol. The molecule has 0 atom stereocenters. The minimum atomic E-state index is -0.332. The van der Waals surface area contributed by atoms with Crippen molar-refractivity contribution in [1.29, 1.82) is 0 Å². The summed E-state index contributed by atoms with van der Waals surface area (Å²) in [6.45, 7) is 2.44. The quantitative estimate of drug-likeness (QED) is 0.716. The Morgan fingerprint density at radius 2 is 2.29 bits per heavy atom. The number of carbonyl (C=O) groups is 1. The number of fused-ring (bicyclic) bond motifs is 1. The highest BCUT2D eigenvalue weighted by Gasteiger charge is 2.06. The summed E-state index contributed by atoms with van der Waals surface area (Å²) in [7, 11) is 0. The molecule has 6 heteroatoms. The summed E-state index contributed by atoms with van der Waals surface area (Å²) < 4.78 is 1.07. The third-order valence-corrected chi connectivity index (χ3v) is 3.29. The van der Waals surface area contributed by atoms with E-state index in [0.717, 1.165) is 20.9 Å². The third kappa shape index (κ3) is 2.65. The summed E-state index contributed by atoms with van der Waals surface area (Å²) in [5, 5.41) is 4.09. The van der Waals surface area contributed by atoms with Crippen LogP contribution >= 0.6 is 11.3 Å². The number of benzene rings is 1. The number of rotatable bonds is 4. The molecular weight excluding hydrogens is 236 g/mol. The Morgan fingerprint density at radius 1 is 1.53 bits per heavy atom. The average molecular weight is 250 g/mol. The lowest BCUT2D eigenvalue weighted by atomic mass is 10.2. The number of aryl methyl sites for hydroxylation is 1. The van der Waals surface area contributed by atoms with Gasteiger partial charge in [0.1, 0.15) is 0 Å². The largest absolute Gasteiger partial charge is 0.397 e. The molecule has 0 bridgehead atoms. The zero-order valence-corrected chi connectivity index (χ0v) is 10.3. The van der Waals surface area contributed by atoms with Gasteiger partial charge in [0.2, 0.25) is 5.91 Å². The molecule has 0 spiro atoms. The van der Waals surface area contributed by atoms with Crippen LogP contribution in [0, 0.1) is 6.92 Å². The van der Waals surface area contributed by atoms with Crippen molar-refractivity contribution >= 4 is 38.8 Å². The molecule has 5 N–H and O–H groups in total. The number of amides is 1. The smallest absolute Gasteiger partial charge is 0.219 e. The molecule has 1 aromatic heterocycles. The van der Waals surface area contributed by atoms with Crippen LogP contribution in [-0.2, 0) is 4.79 Å². The molecule has 0 unspecified atom stereocenters. The first kappa shape index (κ1) is 11.7. The number of hydrogen-bond acceptors (Lipinski definition) is 5. The maximum atomic E-state index is 10.6. The summed E-state index contributed by atoms with van der Waals surface area (Å²) in [6.07, 6.45) is 0.285. The van der Waals surface area contributed by atoms with Crippen molar-refractivity contribution in [3.05, 3.63) is 17.1 Å². The zero-order chi connectivity index (χ0) is 12.4. The molecule has 90 valence electrons. The Balaban J connectivity index is 2.21. The fourth-order valence-corrected chi connectivity index (χ4v) is 2.44. The standard InChI is InChI=1S/C11H14N4OS/c1-6-15-9-5-8(14-3-2-11(13)16)7(12)4-10(9)17-6/h4-5,14H,2-3,12H2,1H3,(H2,13,16). The summed E-state index contributed by atoms with van der Waals surface area (Å²) >= 11 is 1.61. The van der Waals surface area contributed by atoms with Crippen LogP contribution in [0.1, 0.15) is 11.4 Å². The van der Waals surface area contributed by atoms with E-state index in [2.05, 4.69) is 10.3 Å². The van der Waals surface area contributed by atoms with E-state index in [9.17, 15) is 4.79 Å². The summed E-state index contributed by atoms with van der Waals surface area (Å²) in [5.74, 6) is -0.332. The monoisotopic (exact) mass is 250 g/mol. The number of nitrogen functional groups attached to an aromatic ring is 1. The number of nitrogens with two attached hydrogens (primary N) is 2. The van der Waals surface area contributed by atoms with Gasteiger partial charge in [0.05, 0.1) is 26.6 Å². The topological polar surface area (TPSA) is 94.0 Å². The first-order valence-corrected chi connectivity index (χ1v) is 6.07. The summed E-state index contributed by atoms with van der Waals surface area (Å²) in [6, 6.07) is 3.79. The fourth-order valence-electron chi connectivity index (χ4n) is 1.58. The molecule has 2 rings (SSSR count). The van der Waals surface area contributed by atoms with E-state index in [1.54, 1.807) is 11.3 Å². The van der Waals surface area contributed by atoms with Crippen LogP contribution in [0.4, 0.5) is 11.4 Å². The van der Waals surface area contributed by atoms with Crippen LogP contribution in [0.3, 0.4) is 0 Å².